The number of sulfonamides is 2. The average Bonchev–Trinajstić information content (AvgIpc) is 2.71. The zero-order valence-electron chi connectivity index (χ0n) is 10.8. The molecule has 0 saturated carbocycles. The van der Waals surface area contributed by atoms with Gasteiger partial charge >= 0.3 is 5.97 Å². The number of hydrogen-bond acceptors (Lipinski definition) is 5. The summed E-state index contributed by atoms with van der Waals surface area (Å²) in [6.07, 6.45) is 1.14. The van der Waals surface area contributed by atoms with Crippen molar-refractivity contribution in [3.63, 3.8) is 0 Å². The lowest BCUT2D eigenvalue weighted by atomic mass is 10.4. The highest BCUT2D eigenvalue weighted by Gasteiger charge is 2.20. The molecule has 20 heavy (non-hydrogen) atoms. The van der Waals surface area contributed by atoms with Crippen LogP contribution in [0.15, 0.2) is 17.2 Å². The van der Waals surface area contributed by atoms with Gasteiger partial charge in [0.25, 0.3) is 0 Å². The van der Waals surface area contributed by atoms with Gasteiger partial charge in [-0.2, -0.15) is 0 Å². The third-order valence-electron chi connectivity index (χ3n) is 2.48. The minimum Gasteiger partial charge on any atom is -0.477 e. The van der Waals surface area contributed by atoms with Gasteiger partial charge in [-0.25, -0.2) is 31.1 Å². The van der Waals surface area contributed by atoms with E-state index in [1.54, 1.807) is 0 Å². The highest BCUT2D eigenvalue weighted by atomic mass is 32.2. The molecule has 0 amide bonds. The van der Waals surface area contributed by atoms with Gasteiger partial charge < -0.3 is 9.67 Å². The van der Waals surface area contributed by atoms with Gasteiger partial charge in [-0.15, -0.1) is 0 Å². The topological polar surface area (TPSA) is 135 Å². The number of hydrogen-bond donors (Lipinski definition) is 3. The third kappa shape index (κ3) is 4.03. The van der Waals surface area contributed by atoms with Crippen LogP contribution in [0.3, 0.4) is 0 Å². The van der Waals surface area contributed by atoms with Crippen LogP contribution in [0.2, 0.25) is 0 Å². The number of aryl methyl sites for hydroxylation is 1. The van der Waals surface area contributed by atoms with E-state index >= 15 is 0 Å². The molecule has 0 bridgehead atoms. The Hall–Kier alpha value is -1.43. The van der Waals surface area contributed by atoms with Crippen LogP contribution in [0.5, 0.6) is 0 Å². The Morgan fingerprint density at radius 2 is 1.95 bits per heavy atom. The van der Waals surface area contributed by atoms with E-state index in [9.17, 15) is 21.6 Å². The smallest absolute Gasteiger partial charge is 0.352 e. The molecule has 0 fully saturated rings. The number of carbonyl (C=O) groups is 1. The number of nitrogens with one attached hydrogen (secondary N) is 2. The molecule has 1 aromatic rings. The van der Waals surface area contributed by atoms with Crippen LogP contribution < -0.4 is 9.44 Å². The number of nitrogens with zero attached hydrogens (tertiary/aromatic N) is 1. The molecule has 0 aliphatic rings. The molecular weight excluding hydrogens is 310 g/mol. The van der Waals surface area contributed by atoms with E-state index in [4.69, 9.17) is 5.11 Å². The van der Waals surface area contributed by atoms with E-state index in [1.807, 2.05) is 0 Å². The van der Waals surface area contributed by atoms with Crippen molar-refractivity contribution >= 4 is 26.0 Å². The number of aromatic nitrogens is 1. The number of carboxylic acids is 1. The molecule has 0 aromatic carbocycles. The minimum atomic E-state index is -3.95. The first kappa shape index (κ1) is 16.6. The van der Waals surface area contributed by atoms with Crippen molar-refractivity contribution in [2.45, 2.75) is 4.90 Å². The van der Waals surface area contributed by atoms with Gasteiger partial charge in [-0.05, 0) is 13.1 Å². The van der Waals surface area contributed by atoms with Crippen molar-refractivity contribution < 1.29 is 26.7 Å². The fraction of sp³-hybridized carbons (Fsp3) is 0.444. The monoisotopic (exact) mass is 325 g/mol. The average molecular weight is 325 g/mol. The van der Waals surface area contributed by atoms with Crippen LogP contribution >= 0.6 is 0 Å². The Bertz CT molecular complexity index is 704. The van der Waals surface area contributed by atoms with E-state index in [1.165, 1.54) is 14.1 Å². The standard InChI is InChI=1S/C9H15N3O6S2/c1-10-19(15,16)4-3-11-20(17,18)7-5-8(9(13)14)12(2)6-7/h5-6,10-11H,3-4H2,1-2H3,(H,13,14). The molecule has 9 nitrogen and oxygen atoms in total. The van der Waals surface area contributed by atoms with E-state index in [0.717, 1.165) is 16.8 Å². The molecule has 0 atom stereocenters. The molecule has 0 aliphatic heterocycles. The van der Waals surface area contributed by atoms with Crippen LogP contribution in [0.1, 0.15) is 10.5 Å². The van der Waals surface area contributed by atoms with Gasteiger partial charge in [0.05, 0.1) is 5.75 Å². The van der Waals surface area contributed by atoms with Crippen LogP contribution in [0, 0.1) is 0 Å². The fourth-order valence-electron chi connectivity index (χ4n) is 1.39. The Morgan fingerprint density at radius 3 is 2.40 bits per heavy atom. The van der Waals surface area contributed by atoms with Crippen LogP contribution in [-0.2, 0) is 27.1 Å². The summed E-state index contributed by atoms with van der Waals surface area (Å²) in [7, 11) is -4.85. The SMILES string of the molecule is CNS(=O)(=O)CCNS(=O)(=O)c1cc(C(=O)O)n(C)c1. The highest BCUT2D eigenvalue weighted by molar-refractivity contribution is 7.90. The molecule has 114 valence electrons. The highest BCUT2D eigenvalue weighted by Crippen LogP contribution is 2.13. The molecule has 0 aliphatic carbocycles. The maximum absolute atomic E-state index is 11.9. The van der Waals surface area contributed by atoms with E-state index in [2.05, 4.69) is 9.44 Å². The lowest BCUT2D eigenvalue weighted by Crippen LogP contribution is -2.32. The summed E-state index contributed by atoms with van der Waals surface area (Å²) in [5, 5.41) is 8.84. The Kier molecular flexibility index (Phi) is 4.91. The molecule has 0 spiro atoms. The van der Waals surface area contributed by atoms with Gasteiger partial charge in [0, 0.05) is 19.8 Å². The molecule has 0 saturated heterocycles. The first-order valence-corrected chi connectivity index (χ1v) is 8.53. The van der Waals surface area contributed by atoms with Crippen LogP contribution in [0.25, 0.3) is 0 Å². The summed E-state index contributed by atoms with van der Waals surface area (Å²) in [5.74, 6) is -1.67. The molecule has 11 heteroatoms. The van der Waals surface area contributed by atoms with Gasteiger partial charge in [-0.3, -0.25) is 0 Å². The Labute approximate surface area is 116 Å². The number of carboxylic acid groups (broad SMARTS) is 1. The molecule has 3 N–H and O–H groups in total. The first-order chi connectivity index (χ1) is 9.09. The predicted molar refractivity (Wildman–Crippen MR) is 70.4 cm³/mol. The van der Waals surface area contributed by atoms with Crippen molar-refractivity contribution in [1.82, 2.24) is 14.0 Å². The lowest BCUT2D eigenvalue weighted by Gasteiger charge is -2.05. The summed E-state index contributed by atoms with van der Waals surface area (Å²) in [6.45, 7) is -0.317. The first-order valence-electron chi connectivity index (χ1n) is 5.39. The third-order valence-corrected chi connectivity index (χ3v) is 5.27. The molecule has 1 rings (SSSR count). The summed E-state index contributed by atoms with van der Waals surface area (Å²) < 4.78 is 51.3. The zero-order chi connectivity index (χ0) is 15.6. The largest absolute Gasteiger partial charge is 0.477 e. The maximum Gasteiger partial charge on any atom is 0.352 e. The fourth-order valence-corrected chi connectivity index (χ4v) is 3.19. The maximum atomic E-state index is 11.9. The quantitative estimate of drug-likeness (QED) is 0.561. The van der Waals surface area contributed by atoms with Gasteiger partial charge in [0.1, 0.15) is 10.6 Å². The Morgan fingerprint density at radius 1 is 1.35 bits per heavy atom. The summed E-state index contributed by atoms with van der Waals surface area (Å²) in [6, 6.07) is 0.997. The van der Waals surface area contributed by atoms with Gasteiger partial charge in [-0.1, -0.05) is 0 Å². The summed E-state index contributed by atoms with van der Waals surface area (Å²) >= 11 is 0. The molecule has 1 aromatic heterocycles. The second-order valence-corrected chi connectivity index (χ2v) is 7.71. The van der Waals surface area contributed by atoms with Gasteiger partial charge in [0.2, 0.25) is 20.0 Å². The second kappa shape index (κ2) is 5.91. The molecular formula is C9H15N3O6S2. The van der Waals surface area contributed by atoms with Crippen molar-refractivity contribution in [3.05, 3.63) is 18.0 Å². The normalized spacial score (nSPS) is 12.5. The van der Waals surface area contributed by atoms with Crippen LogP contribution in [0.4, 0.5) is 0 Å². The summed E-state index contributed by atoms with van der Waals surface area (Å²) in [4.78, 5) is 10.6. The predicted octanol–water partition coefficient (Wildman–Crippen LogP) is -1.45. The van der Waals surface area contributed by atoms with E-state index in [-0.39, 0.29) is 17.1 Å². The van der Waals surface area contributed by atoms with Crippen molar-refractivity contribution in [1.29, 1.82) is 0 Å². The Balaban J connectivity index is 2.85. The molecule has 0 radical (unpaired) electrons. The molecule has 1 heterocycles. The van der Waals surface area contributed by atoms with Gasteiger partial charge in [0.15, 0.2) is 0 Å². The second-order valence-electron chi connectivity index (χ2n) is 3.90. The zero-order valence-corrected chi connectivity index (χ0v) is 12.5. The lowest BCUT2D eigenvalue weighted by molar-refractivity contribution is 0.0686. The van der Waals surface area contributed by atoms with E-state index in [0.29, 0.717) is 0 Å². The minimum absolute atomic E-state index is 0.187. The van der Waals surface area contributed by atoms with Crippen molar-refractivity contribution in [2.75, 3.05) is 19.3 Å². The van der Waals surface area contributed by atoms with E-state index < -0.39 is 31.8 Å². The molecule has 0 unspecified atom stereocenters. The number of aromatic carboxylic acids is 1. The van der Waals surface area contributed by atoms with Crippen molar-refractivity contribution in [2.24, 2.45) is 7.05 Å². The number of rotatable bonds is 7. The summed E-state index contributed by atoms with van der Waals surface area (Å²) in [5.41, 5.74) is -0.187. The van der Waals surface area contributed by atoms with Crippen LogP contribution in [-0.4, -0.2) is 51.8 Å². The van der Waals surface area contributed by atoms with Crippen molar-refractivity contribution in [3.8, 4) is 0 Å².